The van der Waals surface area contributed by atoms with Crippen LogP contribution in [0.3, 0.4) is 0 Å². The standard InChI is InChI=1S/C10H13ClN2OS/c1-2-13-10(14)6-15-9-5-7(11)3-4-8(9)12/h3-5H,2,6,12H2,1H3,(H,13,14). The summed E-state index contributed by atoms with van der Waals surface area (Å²) in [6, 6.07) is 5.23. The molecule has 1 amide bonds. The first-order valence-electron chi connectivity index (χ1n) is 4.58. The first kappa shape index (κ1) is 12.2. The maximum absolute atomic E-state index is 11.2. The zero-order valence-corrected chi connectivity index (χ0v) is 9.99. The molecule has 0 spiro atoms. The molecule has 0 radical (unpaired) electrons. The van der Waals surface area contributed by atoms with Gasteiger partial charge in [-0.25, -0.2) is 0 Å². The lowest BCUT2D eigenvalue weighted by Crippen LogP contribution is -2.24. The van der Waals surface area contributed by atoms with Gasteiger partial charge in [-0.2, -0.15) is 0 Å². The minimum Gasteiger partial charge on any atom is -0.398 e. The fourth-order valence-electron chi connectivity index (χ4n) is 1.02. The van der Waals surface area contributed by atoms with E-state index in [1.54, 1.807) is 18.2 Å². The number of hydrogen-bond donors (Lipinski definition) is 2. The summed E-state index contributed by atoms with van der Waals surface area (Å²) in [5.74, 6) is 0.361. The van der Waals surface area contributed by atoms with Gasteiger partial charge in [-0.15, -0.1) is 11.8 Å². The molecule has 0 aromatic heterocycles. The Hall–Kier alpha value is -0.870. The van der Waals surface area contributed by atoms with Crippen molar-refractivity contribution in [3.63, 3.8) is 0 Å². The second kappa shape index (κ2) is 5.88. The summed E-state index contributed by atoms with van der Waals surface area (Å²) in [6.07, 6.45) is 0. The minimum atomic E-state index is 0.00174. The maximum Gasteiger partial charge on any atom is 0.230 e. The summed E-state index contributed by atoms with van der Waals surface area (Å²) in [5.41, 5.74) is 6.39. The van der Waals surface area contributed by atoms with Crippen molar-refractivity contribution in [2.24, 2.45) is 0 Å². The van der Waals surface area contributed by atoms with E-state index in [0.29, 0.717) is 23.0 Å². The van der Waals surface area contributed by atoms with E-state index in [9.17, 15) is 4.79 Å². The Bertz CT molecular complexity index is 357. The predicted octanol–water partition coefficient (Wildman–Crippen LogP) is 2.15. The van der Waals surface area contributed by atoms with Crippen LogP contribution in [0.15, 0.2) is 23.1 Å². The monoisotopic (exact) mass is 244 g/mol. The molecule has 82 valence electrons. The van der Waals surface area contributed by atoms with Crippen LogP contribution in [0, 0.1) is 0 Å². The normalized spacial score (nSPS) is 10.0. The van der Waals surface area contributed by atoms with Gasteiger partial charge in [0.15, 0.2) is 0 Å². The topological polar surface area (TPSA) is 55.1 Å². The van der Waals surface area contributed by atoms with Crippen molar-refractivity contribution >= 4 is 35.0 Å². The van der Waals surface area contributed by atoms with Crippen LogP contribution in [0.1, 0.15) is 6.92 Å². The summed E-state index contributed by atoms with van der Waals surface area (Å²) in [6.45, 7) is 2.53. The second-order valence-electron chi connectivity index (χ2n) is 2.92. The van der Waals surface area contributed by atoms with Crippen molar-refractivity contribution in [2.75, 3.05) is 18.0 Å². The number of thioether (sulfide) groups is 1. The largest absolute Gasteiger partial charge is 0.398 e. The van der Waals surface area contributed by atoms with Gasteiger partial charge in [-0.1, -0.05) is 11.6 Å². The Labute approximate surface area is 98.4 Å². The molecule has 0 saturated heterocycles. The van der Waals surface area contributed by atoms with Crippen molar-refractivity contribution in [2.45, 2.75) is 11.8 Å². The van der Waals surface area contributed by atoms with Gasteiger partial charge in [0.1, 0.15) is 0 Å². The smallest absolute Gasteiger partial charge is 0.230 e. The summed E-state index contributed by atoms with van der Waals surface area (Å²) in [5, 5.41) is 3.34. The number of hydrogen-bond acceptors (Lipinski definition) is 3. The molecule has 0 fully saturated rings. The lowest BCUT2D eigenvalue weighted by molar-refractivity contribution is -0.118. The average molecular weight is 245 g/mol. The third-order valence-electron chi connectivity index (χ3n) is 1.71. The maximum atomic E-state index is 11.2. The molecular formula is C10H13ClN2OS. The van der Waals surface area contributed by atoms with E-state index in [-0.39, 0.29) is 5.91 Å². The SMILES string of the molecule is CCNC(=O)CSc1cc(Cl)ccc1N. The number of benzene rings is 1. The van der Waals surface area contributed by atoms with Crippen molar-refractivity contribution < 1.29 is 4.79 Å². The molecule has 0 aliphatic heterocycles. The van der Waals surface area contributed by atoms with Gasteiger partial charge in [-0.05, 0) is 25.1 Å². The van der Waals surface area contributed by atoms with Crippen LogP contribution in [0.4, 0.5) is 5.69 Å². The number of nitrogen functional groups attached to an aromatic ring is 1. The second-order valence-corrected chi connectivity index (χ2v) is 4.38. The Morgan fingerprint density at radius 1 is 1.60 bits per heavy atom. The quantitative estimate of drug-likeness (QED) is 0.630. The third kappa shape index (κ3) is 4.01. The number of carbonyl (C=O) groups excluding carboxylic acids is 1. The van der Waals surface area contributed by atoms with Crippen molar-refractivity contribution in [3.05, 3.63) is 23.2 Å². The predicted molar refractivity (Wildman–Crippen MR) is 65.3 cm³/mol. The van der Waals surface area contributed by atoms with E-state index in [0.717, 1.165) is 4.90 Å². The van der Waals surface area contributed by atoms with E-state index in [1.165, 1.54) is 11.8 Å². The molecule has 0 bridgehead atoms. The van der Waals surface area contributed by atoms with Crippen LogP contribution in [0.5, 0.6) is 0 Å². The van der Waals surface area contributed by atoms with Gasteiger partial charge >= 0.3 is 0 Å². The van der Waals surface area contributed by atoms with Crippen molar-refractivity contribution in [3.8, 4) is 0 Å². The van der Waals surface area contributed by atoms with Gasteiger partial charge < -0.3 is 11.1 Å². The van der Waals surface area contributed by atoms with Crippen molar-refractivity contribution in [1.29, 1.82) is 0 Å². The molecular weight excluding hydrogens is 232 g/mol. The number of carbonyl (C=O) groups is 1. The van der Waals surface area contributed by atoms with Gasteiger partial charge in [0.05, 0.1) is 5.75 Å². The van der Waals surface area contributed by atoms with E-state index in [1.807, 2.05) is 6.92 Å². The number of rotatable bonds is 4. The number of nitrogens with two attached hydrogens (primary N) is 1. The molecule has 15 heavy (non-hydrogen) atoms. The molecule has 0 aliphatic carbocycles. The number of halogens is 1. The number of anilines is 1. The van der Waals surface area contributed by atoms with Gasteiger partial charge in [0.25, 0.3) is 0 Å². The first-order chi connectivity index (χ1) is 7.13. The van der Waals surface area contributed by atoms with Crippen molar-refractivity contribution in [1.82, 2.24) is 5.32 Å². The lowest BCUT2D eigenvalue weighted by atomic mass is 10.3. The Morgan fingerprint density at radius 2 is 2.33 bits per heavy atom. The minimum absolute atomic E-state index is 0.00174. The molecule has 3 nitrogen and oxygen atoms in total. The molecule has 0 atom stereocenters. The van der Waals surface area contributed by atoms with Gasteiger partial charge in [-0.3, -0.25) is 4.79 Å². The number of amides is 1. The van der Waals surface area contributed by atoms with Gasteiger partial charge in [0, 0.05) is 22.2 Å². The highest BCUT2D eigenvalue weighted by Crippen LogP contribution is 2.27. The van der Waals surface area contributed by atoms with Crippen LogP contribution in [-0.2, 0) is 4.79 Å². The average Bonchev–Trinajstić information content (AvgIpc) is 2.20. The molecule has 3 N–H and O–H groups in total. The van der Waals surface area contributed by atoms with E-state index >= 15 is 0 Å². The molecule has 1 aromatic carbocycles. The molecule has 0 unspecified atom stereocenters. The summed E-state index contributed by atoms with van der Waals surface area (Å²) in [4.78, 5) is 12.0. The van der Waals surface area contributed by atoms with E-state index in [2.05, 4.69) is 5.32 Å². The summed E-state index contributed by atoms with van der Waals surface area (Å²) < 4.78 is 0. The fraction of sp³-hybridized carbons (Fsp3) is 0.300. The molecule has 0 saturated carbocycles. The van der Waals surface area contributed by atoms with Crippen LogP contribution in [0.25, 0.3) is 0 Å². The molecule has 1 rings (SSSR count). The Morgan fingerprint density at radius 3 is 3.00 bits per heavy atom. The van der Waals surface area contributed by atoms with E-state index in [4.69, 9.17) is 17.3 Å². The van der Waals surface area contributed by atoms with Crippen LogP contribution in [0.2, 0.25) is 5.02 Å². The molecule has 0 aliphatic rings. The number of nitrogens with one attached hydrogen (secondary N) is 1. The molecule has 0 heterocycles. The Kier molecular flexibility index (Phi) is 4.78. The highest BCUT2D eigenvalue weighted by molar-refractivity contribution is 8.00. The highest BCUT2D eigenvalue weighted by Gasteiger charge is 2.04. The Balaban J connectivity index is 2.57. The fourth-order valence-corrected chi connectivity index (χ4v) is 2.10. The van der Waals surface area contributed by atoms with Crippen LogP contribution < -0.4 is 11.1 Å². The lowest BCUT2D eigenvalue weighted by Gasteiger charge is -2.05. The first-order valence-corrected chi connectivity index (χ1v) is 5.94. The summed E-state index contributed by atoms with van der Waals surface area (Å²) in [7, 11) is 0. The summed E-state index contributed by atoms with van der Waals surface area (Å²) >= 11 is 7.21. The van der Waals surface area contributed by atoms with Crippen LogP contribution >= 0.6 is 23.4 Å². The molecule has 5 heteroatoms. The molecule has 1 aromatic rings. The van der Waals surface area contributed by atoms with Crippen LogP contribution in [-0.4, -0.2) is 18.2 Å². The van der Waals surface area contributed by atoms with E-state index < -0.39 is 0 Å². The zero-order chi connectivity index (χ0) is 11.3. The zero-order valence-electron chi connectivity index (χ0n) is 8.42. The van der Waals surface area contributed by atoms with Gasteiger partial charge in [0.2, 0.25) is 5.91 Å². The third-order valence-corrected chi connectivity index (χ3v) is 3.01. The highest BCUT2D eigenvalue weighted by atomic mass is 35.5.